The van der Waals surface area contributed by atoms with Crippen LogP contribution in [0.2, 0.25) is 0 Å². The molecule has 1 aromatic rings. The molecule has 4 heteroatoms. The predicted octanol–water partition coefficient (Wildman–Crippen LogP) is 2.18. The van der Waals surface area contributed by atoms with Crippen LogP contribution in [0, 0.1) is 0 Å². The highest BCUT2D eigenvalue weighted by molar-refractivity contribution is 9.10. The van der Waals surface area contributed by atoms with E-state index in [0.29, 0.717) is 12.1 Å². The zero-order chi connectivity index (χ0) is 13.1. The summed E-state index contributed by atoms with van der Waals surface area (Å²) in [5, 5.41) is 3.29. The zero-order valence-electron chi connectivity index (χ0n) is 11.4. The van der Waals surface area contributed by atoms with Gasteiger partial charge in [0.15, 0.2) is 0 Å². The molecule has 1 heterocycles. The van der Waals surface area contributed by atoms with Crippen molar-refractivity contribution in [1.82, 2.24) is 10.2 Å². The van der Waals surface area contributed by atoms with E-state index in [2.05, 4.69) is 69.3 Å². The average molecular weight is 312 g/mol. The predicted molar refractivity (Wildman–Crippen MR) is 81.3 cm³/mol. The minimum Gasteiger partial charge on any atom is -0.367 e. The van der Waals surface area contributed by atoms with Crippen LogP contribution in [0.1, 0.15) is 6.92 Å². The number of hydrogen-bond acceptors (Lipinski definition) is 3. The van der Waals surface area contributed by atoms with Crippen LogP contribution >= 0.6 is 15.9 Å². The van der Waals surface area contributed by atoms with E-state index in [-0.39, 0.29) is 0 Å². The number of nitrogens with one attached hydrogen (secondary N) is 1. The molecule has 0 aliphatic carbocycles. The van der Waals surface area contributed by atoms with E-state index in [1.54, 1.807) is 0 Å². The number of likely N-dealkylation sites (N-methyl/N-ethyl adjacent to an activating group) is 2. The van der Waals surface area contributed by atoms with E-state index >= 15 is 0 Å². The van der Waals surface area contributed by atoms with Crippen LogP contribution in [0.4, 0.5) is 5.69 Å². The third-order valence-electron chi connectivity index (χ3n) is 3.82. The van der Waals surface area contributed by atoms with Crippen LogP contribution in [-0.2, 0) is 0 Å². The van der Waals surface area contributed by atoms with Crippen LogP contribution in [-0.4, -0.2) is 50.7 Å². The molecule has 18 heavy (non-hydrogen) atoms. The summed E-state index contributed by atoms with van der Waals surface area (Å²) in [6.45, 7) is 5.48. The molecule has 0 aromatic heterocycles. The van der Waals surface area contributed by atoms with Crippen molar-refractivity contribution in [3.63, 3.8) is 0 Å². The molecule has 0 amide bonds. The first-order valence-corrected chi connectivity index (χ1v) is 7.28. The number of halogens is 1. The summed E-state index contributed by atoms with van der Waals surface area (Å²) >= 11 is 3.65. The van der Waals surface area contributed by atoms with Gasteiger partial charge < -0.3 is 10.2 Å². The second kappa shape index (κ2) is 6.04. The van der Waals surface area contributed by atoms with Gasteiger partial charge >= 0.3 is 0 Å². The lowest BCUT2D eigenvalue weighted by Crippen LogP contribution is -2.58. The van der Waals surface area contributed by atoms with Gasteiger partial charge in [0.1, 0.15) is 0 Å². The summed E-state index contributed by atoms with van der Waals surface area (Å²) < 4.78 is 1.19. The van der Waals surface area contributed by atoms with Gasteiger partial charge in [-0.25, -0.2) is 0 Å². The van der Waals surface area contributed by atoms with Crippen molar-refractivity contribution in [1.29, 1.82) is 0 Å². The van der Waals surface area contributed by atoms with Gasteiger partial charge in [-0.15, -0.1) is 0 Å². The van der Waals surface area contributed by atoms with Crippen molar-refractivity contribution in [3.8, 4) is 0 Å². The molecule has 3 nitrogen and oxygen atoms in total. The quantitative estimate of drug-likeness (QED) is 0.923. The number of nitrogens with zero attached hydrogens (tertiary/aromatic N) is 2. The van der Waals surface area contributed by atoms with E-state index in [9.17, 15) is 0 Å². The lowest BCUT2D eigenvalue weighted by molar-refractivity contribution is 0.157. The maximum Gasteiger partial charge on any atom is 0.0511 e. The Bertz CT molecular complexity index is 396. The molecule has 1 fully saturated rings. The van der Waals surface area contributed by atoms with Crippen LogP contribution in [0.15, 0.2) is 28.7 Å². The number of hydrogen-bond donors (Lipinski definition) is 1. The lowest BCUT2D eigenvalue weighted by Gasteiger charge is -2.45. The smallest absolute Gasteiger partial charge is 0.0511 e. The number of benzene rings is 1. The number of rotatable bonds is 3. The Hall–Kier alpha value is -0.580. The lowest BCUT2D eigenvalue weighted by atomic mass is 10.1. The maximum atomic E-state index is 3.65. The molecule has 1 aliphatic heterocycles. The van der Waals surface area contributed by atoms with Crippen molar-refractivity contribution < 1.29 is 0 Å². The van der Waals surface area contributed by atoms with Crippen molar-refractivity contribution >= 4 is 21.6 Å². The van der Waals surface area contributed by atoms with E-state index < -0.39 is 0 Å². The van der Waals surface area contributed by atoms with E-state index in [4.69, 9.17) is 0 Å². The Balaban J connectivity index is 2.17. The Morgan fingerprint density at radius 1 is 1.33 bits per heavy atom. The van der Waals surface area contributed by atoms with Crippen molar-refractivity contribution in [2.75, 3.05) is 38.6 Å². The Morgan fingerprint density at radius 3 is 2.72 bits per heavy atom. The Kier molecular flexibility index (Phi) is 4.65. The molecular weight excluding hydrogens is 290 g/mol. The molecule has 1 saturated heterocycles. The highest BCUT2D eigenvalue weighted by atomic mass is 79.9. The molecule has 0 bridgehead atoms. The van der Waals surface area contributed by atoms with E-state index in [0.717, 1.165) is 19.6 Å². The topological polar surface area (TPSA) is 18.5 Å². The van der Waals surface area contributed by atoms with Gasteiger partial charge in [-0.2, -0.15) is 0 Å². The van der Waals surface area contributed by atoms with Crippen molar-refractivity contribution in [2.24, 2.45) is 0 Å². The molecule has 2 atom stereocenters. The van der Waals surface area contributed by atoms with Gasteiger partial charge in [0.25, 0.3) is 0 Å². The van der Waals surface area contributed by atoms with Crippen molar-refractivity contribution in [2.45, 2.75) is 19.0 Å². The Morgan fingerprint density at radius 2 is 2.06 bits per heavy atom. The molecule has 0 radical (unpaired) electrons. The Labute approximate surface area is 118 Å². The van der Waals surface area contributed by atoms with Gasteiger partial charge in [-0.05, 0) is 49.1 Å². The molecule has 100 valence electrons. The molecular formula is C14H22BrN3. The summed E-state index contributed by atoms with van der Waals surface area (Å²) in [5.74, 6) is 0. The van der Waals surface area contributed by atoms with Crippen LogP contribution in [0.5, 0.6) is 0 Å². The molecule has 1 aromatic carbocycles. The minimum absolute atomic E-state index is 0.561. The molecule has 1 N–H and O–H groups in total. The third kappa shape index (κ3) is 2.87. The van der Waals surface area contributed by atoms with Crippen molar-refractivity contribution in [3.05, 3.63) is 28.7 Å². The fourth-order valence-electron chi connectivity index (χ4n) is 2.61. The van der Waals surface area contributed by atoms with Crippen LogP contribution in [0.3, 0.4) is 0 Å². The summed E-state index contributed by atoms with van der Waals surface area (Å²) in [5.41, 5.74) is 1.30. The molecule has 2 rings (SSSR count). The minimum atomic E-state index is 0.561. The van der Waals surface area contributed by atoms with Gasteiger partial charge in [0.2, 0.25) is 0 Å². The van der Waals surface area contributed by atoms with Crippen LogP contribution in [0.25, 0.3) is 0 Å². The second-order valence-electron chi connectivity index (χ2n) is 5.08. The van der Waals surface area contributed by atoms with Gasteiger partial charge in [0, 0.05) is 36.2 Å². The third-order valence-corrected chi connectivity index (χ3v) is 4.49. The van der Waals surface area contributed by atoms with Gasteiger partial charge in [0.05, 0.1) is 5.69 Å². The zero-order valence-corrected chi connectivity index (χ0v) is 12.9. The largest absolute Gasteiger partial charge is 0.367 e. The molecule has 1 aliphatic rings. The first-order valence-electron chi connectivity index (χ1n) is 6.49. The van der Waals surface area contributed by atoms with E-state index in [1.807, 2.05) is 7.05 Å². The molecule has 0 spiro atoms. The van der Waals surface area contributed by atoms with Gasteiger partial charge in [-0.1, -0.05) is 12.1 Å². The average Bonchev–Trinajstić information content (AvgIpc) is 2.35. The fourth-order valence-corrected chi connectivity index (χ4v) is 3.15. The van der Waals surface area contributed by atoms with E-state index in [1.165, 1.54) is 10.2 Å². The normalized spacial score (nSPS) is 25.4. The first-order chi connectivity index (χ1) is 8.63. The SMILES string of the molecule is CNCC1CN(c2ccccc2Br)CC(C)N1C. The van der Waals surface area contributed by atoms with Crippen LogP contribution < -0.4 is 10.2 Å². The highest BCUT2D eigenvalue weighted by Gasteiger charge is 2.29. The van der Waals surface area contributed by atoms with Gasteiger partial charge in [-0.3, -0.25) is 4.90 Å². The number of para-hydroxylation sites is 1. The first kappa shape index (κ1) is 13.8. The summed E-state index contributed by atoms with van der Waals surface area (Å²) in [6.07, 6.45) is 0. The number of piperazine rings is 1. The summed E-state index contributed by atoms with van der Waals surface area (Å²) in [6, 6.07) is 9.62. The highest BCUT2D eigenvalue weighted by Crippen LogP contribution is 2.28. The summed E-state index contributed by atoms with van der Waals surface area (Å²) in [4.78, 5) is 4.96. The molecule has 0 saturated carbocycles. The second-order valence-corrected chi connectivity index (χ2v) is 5.94. The fraction of sp³-hybridized carbons (Fsp3) is 0.571. The summed E-state index contributed by atoms with van der Waals surface area (Å²) in [7, 11) is 4.25. The maximum absolute atomic E-state index is 3.65. The monoisotopic (exact) mass is 311 g/mol. The number of anilines is 1. The standard InChI is InChI=1S/C14H22BrN3/c1-11-9-18(10-12(8-16-2)17(11)3)14-7-5-4-6-13(14)15/h4-7,11-12,16H,8-10H2,1-3H3. The molecule has 2 unspecified atom stereocenters.